The summed E-state index contributed by atoms with van der Waals surface area (Å²) < 4.78 is 8.00. The monoisotopic (exact) mass is 555 g/mol. The summed E-state index contributed by atoms with van der Waals surface area (Å²) in [7, 11) is 0. The average Bonchev–Trinajstić information content (AvgIpc) is 3.05. The first kappa shape index (κ1) is 20.8. The smallest absolute Gasteiger partial charge is 0.243 e. The molecule has 1 atom stereocenters. The minimum absolute atomic E-state index is 0.131. The molecule has 1 aliphatic heterocycles. The molecule has 1 heterocycles. The van der Waals surface area contributed by atoms with Crippen molar-refractivity contribution >= 4 is 61.9 Å². The van der Waals surface area contributed by atoms with E-state index in [0.29, 0.717) is 5.90 Å². The molecule has 0 radical (unpaired) electrons. The molecule has 0 bridgehead atoms. The zero-order chi connectivity index (χ0) is 20.4. The van der Waals surface area contributed by atoms with Crippen molar-refractivity contribution in [3.05, 3.63) is 61.6 Å². The van der Waals surface area contributed by atoms with E-state index in [1.807, 2.05) is 49.4 Å². The fourth-order valence-corrected chi connectivity index (χ4v) is 3.86. The van der Waals surface area contributed by atoms with E-state index in [4.69, 9.17) is 4.74 Å². The van der Waals surface area contributed by atoms with Gasteiger partial charge in [0, 0.05) is 33.1 Å². The number of rotatable bonds is 4. The quantitative estimate of drug-likeness (QED) is 0.529. The first-order valence-electron chi connectivity index (χ1n) is 8.61. The van der Waals surface area contributed by atoms with Gasteiger partial charge in [-0.05, 0) is 77.5 Å². The Labute approximate surface area is 185 Å². The number of nitrogens with zero attached hydrogens (tertiary/aromatic N) is 3. The van der Waals surface area contributed by atoms with E-state index in [-0.39, 0.29) is 18.4 Å². The highest BCUT2D eigenvalue weighted by molar-refractivity contribution is 14.1. The summed E-state index contributed by atoms with van der Waals surface area (Å²) >= 11 is 5.63. The van der Waals surface area contributed by atoms with Crippen LogP contribution >= 0.6 is 38.5 Å². The molecule has 28 heavy (non-hydrogen) atoms. The van der Waals surface area contributed by atoms with Crippen molar-refractivity contribution in [3.8, 4) is 0 Å². The van der Waals surface area contributed by atoms with E-state index >= 15 is 0 Å². The molecule has 0 fully saturated rings. The van der Waals surface area contributed by atoms with Gasteiger partial charge in [-0.1, -0.05) is 15.9 Å². The number of halogens is 2. The maximum absolute atomic E-state index is 12.4. The highest BCUT2D eigenvalue weighted by atomic mass is 127. The highest BCUT2D eigenvalue weighted by Gasteiger charge is 2.34. The maximum Gasteiger partial charge on any atom is 0.243 e. The van der Waals surface area contributed by atoms with Crippen LogP contribution in [0.1, 0.15) is 25.0 Å². The number of carbonyl (C=O) groups excluding carboxylic acids is 2. The molecule has 146 valence electrons. The lowest BCUT2D eigenvalue weighted by molar-refractivity contribution is -0.135. The second-order valence-electron chi connectivity index (χ2n) is 6.41. The molecule has 2 aromatic carbocycles. The molecule has 1 aliphatic rings. The van der Waals surface area contributed by atoms with Gasteiger partial charge in [-0.3, -0.25) is 9.59 Å². The number of hydrogen-bond acceptors (Lipinski definition) is 4. The van der Waals surface area contributed by atoms with Crippen molar-refractivity contribution in [2.45, 2.75) is 27.0 Å². The maximum atomic E-state index is 12.4. The third kappa shape index (κ3) is 4.54. The molecular weight excluding hydrogens is 537 g/mol. The Morgan fingerprint density at radius 3 is 2.46 bits per heavy atom. The lowest BCUT2D eigenvalue weighted by Gasteiger charge is -2.28. The Morgan fingerprint density at radius 1 is 1.21 bits per heavy atom. The predicted molar refractivity (Wildman–Crippen MR) is 120 cm³/mol. The molecule has 3 rings (SSSR count). The van der Waals surface area contributed by atoms with Crippen molar-refractivity contribution in [2.24, 2.45) is 5.10 Å². The van der Waals surface area contributed by atoms with Crippen LogP contribution in [0.3, 0.4) is 0 Å². The summed E-state index contributed by atoms with van der Waals surface area (Å²) in [5, 5.41) is 5.62. The zero-order valence-corrected chi connectivity index (χ0v) is 19.4. The lowest BCUT2D eigenvalue weighted by Crippen LogP contribution is -2.44. The van der Waals surface area contributed by atoms with Crippen LogP contribution in [-0.2, 0) is 14.3 Å². The molecule has 6 nitrogen and oxygen atoms in total. The van der Waals surface area contributed by atoms with Crippen LogP contribution in [0.4, 0.5) is 5.69 Å². The Bertz CT molecular complexity index is 946. The van der Waals surface area contributed by atoms with E-state index in [1.54, 1.807) is 4.90 Å². The van der Waals surface area contributed by atoms with Crippen molar-refractivity contribution in [1.29, 1.82) is 0 Å². The Kier molecular flexibility index (Phi) is 6.39. The molecule has 0 aliphatic carbocycles. The molecule has 0 N–H and O–H groups in total. The third-order valence-corrected chi connectivity index (χ3v) is 5.50. The molecule has 0 unspecified atom stereocenters. The number of carbonyl (C=O) groups is 2. The minimum Gasteiger partial charge on any atom is -0.448 e. The average molecular weight is 556 g/mol. The molecule has 0 spiro atoms. The van der Waals surface area contributed by atoms with Crippen molar-refractivity contribution in [1.82, 2.24) is 5.01 Å². The van der Waals surface area contributed by atoms with Crippen LogP contribution < -0.4 is 4.90 Å². The summed E-state index contributed by atoms with van der Waals surface area (Å²) in [6.07, 6.45) is -0.696. The molecule has 0 saturated heterocycles. The Morgan fingerprint density at radius 2 is 1.89 bits per heavy atom. The summed E-state index contributed by atoms with van der Waals surface area (Å²) in [5.41, 5.74) is 2.53. The molecule has 8 heteroatoms. The van der Waals surface area contributed by atoms with Crippen LogP contribution in [-0.4, -0.2) is 35.5 Å². The van der Waals surface area contributed by atoms with Crippen molar-refractivity contribution in [3.63, 3.8) is 0 Å². The number of amides is 2. The highest BCUT2D eigenvalue weighted by Crippen LogP contribution is 2.26. The predicted octanol–water partition coefficient (Wildman–Crippen LogP) is 4.28. The lowest BCUT2D eigenvalue weighted by atomic mass is 10.1. The minimum atomic E-state index is -0.696. The SMILES string of the molecule is CC(=O)N(C[C@@H]1OC(c2ccc(Br)cc2)=NN1C(C)=O)c1ccc(I)cc1C. The van der Waals surface area contributed by atoms with Gasteiger partial charge in [0.2, 0.25) is 23.9 Å². The van der Waals surface area contributed by atoms with Crippen molar-refractivity contribution < 1.29 is 14.3 Å². The fraction of sp³-hybridized carbons (Fsp3) is 0.250. The van der Waals surface area contributed by atoms with Crippen LogP contribution in [0.5, 0.6) is 0 Å². The van der Waals surface area contributed by atoms with Gasteiger partial charge < -0.3 is 9.64 Å². The topological polar surface area (TPSA) is 62.2 Å². The van der Waals surface area contributed by atoms with Gasteiger partial charge in [0.25, 0.3) is 0 Å². The second kappa shape index (κ2) is 8.60. The number of hydrogen-bond donors (Lipinski definition) is 0. The summed E-state index contributed by atoms with van der Waals surface area (Å²) in [6, 6.07) is 13.3. The van der Waals surface area contributed by atoms with Crippen LogP contribution in [0.25, 0.3) is 0 Å². The van der Waals surface area contributed by atoms with E-state index in [9.17, 15) is 9.59 Å². The number of hydrazone groups is 1. The van der Waals surface area contributed by atoms with Crippen LogP contribution in [0.15, 0.2) is 52.0 Å². The van der Waals surface area contributed by atoms with Gasteiger partial charge >= 0.3 is 0 Å². The molecular formula is C20H19BrIN3O3. The molecule has 2 amide bonds. The van der Waals surface area contributed by atoms with E-state index in [2.05, 4.69) is 43.6 Å². The fourth-order valence-electron chi connectivity index (χ4n) is 2.95. The van der Waals surface area contributed by atoms with Gasteiger partial charge in [-0.15, -0.1) is 5.10 Å². The largest absolute Gasteiger partial charge is 0.448 e. The normalized spacial score (nSPS) is 15.8. The van der Waals surface area contributed by atoms with E-state index in [1.165, 1.54) is 18.9 Å². The summed E-state index contributed by atoms with van der Waals surface area (Å²) in [5.74, 6) is -0.0241. The van der Waals surface area contributed by atoms with Crippen LogP contribution in [0, 0.1) is 10.5 Å². The van der Waals surface area contributed by atoms with Crippen LogP contribution in [0.2, 0.25) is 0 Å². The van der Waals surface area contributed by atoms with E-state index in [0.717, 1.165) is 24.9 Å². The summed E-state index contributed by atoms with van der Waals surface area (Å²) in [6.45, 7) is 5.06. The second-order valence-corrected chi connectivity index (χ2v) is 8.57. The van der Waals surface area contributed by atoms with Crippen molar-refractivity contribution in [2.75, 3.05) is 11.4 Å². The molecule has 0 aromatic heterocycles. The number of benzene rings is 2. The number of aryl methyl sites for hydroxylation is 1. The van der Waals surface area contributed by atoms with Gasteiger partial charge in [0.1, 0.15) is 0 Å². The third-order valence-electron chi connectivity index (χ3n) is 4.30. The standard InChI is InChI=1S/C20H19BrIN3O3/c1-12-10-17(22)8-9-18(12)24(13(2)26)11-19-25(14(3)27)23-20(28-19)15-4-6-16(21)7-5-15/h4-10,19H,11H2,1-3H3/t19-/m0/s1. The Hall–Kier alpha value is -1.94. The van der Waals surface area contributed by atoms with E-state index < -0.39 is 6.23 Å². The van der Waals surface area contributed by atoms with Gasteiger partial charge in [-0.2, -0.15) is 5.01 Å². The number of ether oxygens (including phenoxy) is 1. The van der Waals surface area contributed by atoms with Gasteiger partial charge in [0.15, 0.2) is 0 Å². The number of anilines is 1. The van der Waals surface area contributed by atoms with Gasteiger partial charge in [-0.25, -0.2) is 0 Å². The molecule has 2 aromatic rings. The summed E-state index contributed by atoms with van der Waals surface area (Å²) in [4.78, 5) is 26.1. The Balaban J connectivity index is 1.87. The zero-order valence-electron chi connectivity index (χ0n) is 15.6. The van der Waals surface area contributed by atoms with Gasteiger partial charge in [0.05, 0.1) is 6.54 Å². The molecule has 0 saturated carbocycles. The first-order valence-corrected chi connectivity index (χ1v) is 10.5. The first-order chi connectivity index (χ1) is 13.3.